The first kappa shape index (κ1) is 22.5. The first-order valence-corrected chi connectivity index (χ1v) is 10.0. The third-order valence-electron chi connectivity index (χ3n) is 5.74. The first-order chi connectivity index (χ1) is 14.8. The molecule has 0 atom stereocenters. The molecule has 1 aliphatic rings. The summed E-state index contributed by atoms with van der Waals surface area (Å²) in [5.74, 6) is -1.35. The minimum absolute atomic E-state index is 0.140. The molecule has 0 aliphatic carbocycles. The average Bonchev–Trinajstić information content (AvgIpc) is 2.77. The van der Waals surface area contributed by atoms with Crippen LogP contribution in [0.4, 0.5) is 8.78 Å². The van der Waals surface area contributed by atoms with Crippen LogP contribution >= 0.6 is 0 Å². The van der Waals surface area contributed by atoms with Gasteiger partial charge >= 0.3 is 0 Å². The second-order valence-corrected chi connectivity index (χ2v) is 7.85. The van der Waals surface area contributed by atoms with Crippen molar-refractivity contribution in [2.45, 2.75) is 26.3 Å². The molecule has 2 amide bonds. The summed E-state index contributed by atoms with van der Waals surface area (Å²) in [6.45, 7) is 2.61. The maximum atomic E-state index is 13.9. The number of carbonyl (C=O) groups excluding carboxylic acids is 2. The highest BCUT2D eigenvalue weighted by atomic mass is 19.1. The molecule has 0 radical (unpaired) electrons. The molecule has 1 N–H and O–H groups in total. The van der Waals surface area contributed by atoms with E-state index in [-0.39, 0.29) is 19.0 Å². The largest absolute Gasteiger partial charge is 0.497 e. The maximum Gasteiger partial charge on any atom is 0.259 e. The number of hydrogen-bond donors (Lipinski definition) is 1. The molecule has 31 heavy (non-hydrogen) atoms. The van der Waals surface area contributed by atoms with Crippen LogP contribution in [0.25, 0.3) is 0 Å². The molecule has 8 heteroatoms. The zero-order valence-electron chi connectivity index (χ0n) is 17.8. The van der Waals surface area contributed by atoms with Gasteiger partial charge in [0.05, 0.1) is 14.2 Å². The van der Waals surface area contributed by atoms with E-state index in [4.69, 9.17) is 9.47 Å². The molecule has 0 bridgehead atoms. The predicted octanol–water partition coefficient (Wildman–Crippen LogP) is 3.54. The van der Waals surface area contributed by atoms with Crippen molar-refractivity contribution >= 4 is 11.8 Å². The van der Waals surface area contributed by atoms with E-state index in [2.05, 4.69) is 5.32 Å². The Morgan fingerprint density at radius 3 is 2.10 bits per heavy atom. The van der Waals surface area contributed by atoms with Gasteiger partial charge in [-0.05, 0) is 42.7 Å². The second kappa shape index (κ2) is 9.32. The Labute approximate surface area is 180 Å². The highest BCUT2D eigenvalue weighted by Crippen LogP contribution is 2.32. The summed E-state index contributed by atoms with van der Waals surface area (Å²) in [7, 11) is 3.11. The highest BCUT2D eigenvalue weighted by molar-refractivity contribution is 5.95. The second-order valence-electron chi connectivity index (χ2n) is 7.85. The topological polar surface area (TPSA) is 67.9 Å². The lowest BCUT2D eigenvalue weighted by Gasteiger charge is -2.38. The van der Waals surface area contributed by atoms with Crippen molar-refractivity contribution in [1.82, 2.24) is 10.2 Å². The van der Waals surface area contributed by atoms with E-state index in [0.717, 1.165) is 17.7 Å². The molecule has 6 nitrogen and oxygen atoms in total. The van der Waals surface area contributed by atoms with Gasteiger partial charge in [0.1, 0.15) is 28.7 Å². The average molecular weight is 432 g/mol. The van der Waals surface area contributed by atoms with Crippen LogP contribution in [-0.2, 0) is 11.3 Å². The van der Waals surface area contributed by atoms with Gasteiger partial charge in [-0.25, -0.2) is 8.78 Å². The molecule has 1 aliphatic heterocycles. The highest BCUT2D eigenvalue weighted by Gasteiger charge is 2.38. The number of halogens is 2. The number of methoxy groups -OCH3 is 2. The van der Waals surface area contributed by atoms with Crippen molar-refractivity contribution in [2.75, 3.05) is 27.3 Å². The third-order valence-corrected chi connectivity index (χ3v) is 5.74. The quantitative estimate of drug-likeness (QED) is 0.758. The molecule has 0 saturated carbocycles. The number of amides is 2. The number of nitrogens with zero attached hydrogens (tertiary/aromatic N) is 1. The predicted molar refractivity (Wildman–Crippen MR) is 111 cm³/mol. The maximum absolute atomic E-state index is 13.9. The Bertz CT molecular complexity index is 930. The van der Waals surface area contributed by atoms with Gasteiger partial charge in [-0.1, -0.05) is 13.0 Å². The molecule has 1 saturated heterocycles. The van der Waals surface area contributed by atoms with E-state index in [9.17, 15) is 18.4 Å². The molecule has 166 valence electrons. The van der Waals surface area contributed by atoms with E-state index < -0.39 is 28.5 Å². The molecule has 0 spiro atoms. The Balaban J connectivity index is 1.61. The fourth-order valence-corrected chi connectivity index (χ4v) is 3.65. The lowest BCUT2D eigenvalue weighted by molar-refractivity contribution is -0.132. The van der Waals surface area contributed by atoms with Gasteiger partial charge in [0.15, 0.2) is 0 Å². The first-order valence-electron chi connectivity index (χ1n) is 10.0. The van der Waals surface area contributed by atoms with Crippen LogP contribution in [0.1, 0.15) is 35.7 Å². The number of carbonyl (C=O) groups is 2. The van der Waals surface area contributed by atoms with Gasteiger partial charge in [-0.2, -0.15) is 0 Å². The van der Waals surface area contributed by atoms with Crippen molar-refractivity contribution in [1.29, 1.82) is 0 Å². The van der Waals surface area contributed by atoms with E-state index in [1.54, 1.807) is 20.3 Å². The number of piperidine rings is 1. The molecule has 1 fully saturated rings. The van der Waals surface area contributed by atoms with Crippen LogP contribution < -0.4 is 14.8 Å². The molecule has 0 aromatic heterocycles. The Hall–Kier alpha value is -3.16. The van der Waals surface area contributed by atoms with Crippen LogP contribution in [0.3, 0.4) is 0 Å². The molecule has 2 aromatic carbocycles. The third kappa shape index (κ3) is 4.95. The van der Waals surface area contributed by atoms with Gasteiger partial charge in [-0.15, -0.1) is 0 Å². The van der Waals surface area contributed by atoms with Crippen molar-refractivity contribution in [3.63, 3.8) is 0 Å². The molecular weight excluding hydrogens is 406 g/mol. The van der Waals surface area contributed by atoms with E-state index in [1.807, 2.05) is 19.1 Å². The number of ether oxygens (including phenoxy) is 2. The normalized spacial score (nSPS) is 15.3. The van der Waals surface area contributed by atoms with Crippen molar-refractivity contribution in [3.05, 3.63) is 59.2 Å². The Kier molecular flexibility index (Phi) is 6.77. The van der Waals surface area contributed by atoms with Crippen molar-refractivity contribution in [2.24, 2.45) is 5.41 Å². The minimum atomic E-state index is -0.884. The zero-order valence-corrected chi connectivity index (χ0v) is 17.8. The van der Waals surface area contributed by atoms with Crippen molar-refractivity contribution in [3.8, 4) is 11.5 Å². The monoisotopic (exact) mass is 432 g/mol. The summed E-state index contributed by atoms with van der Waals surface area (Å²) < 4.78 is 38.4. The van der Waals surface area contributed by atoms with Crippen LogP contribution in [-0.4, -0.2) is 44.0 Å². The molecule has 0 unspecified atom stereocenters. The lowest BCUT2D eigenvalue weighted by Crippen LogP contribution is -2.48. The standard InChI is InChI=1S/C23H26F2N2O4/c1-23(22(29)26-14-15-11-16(30-2)13-17(12-15)31-3)7-9-27(10-8-23)21(28)20-18(24)5-4-6-19(20)25/h4-6,11-13H,7-10,14H2,1-3H3,(H,26,29). The smallest absolute Gasteiger partial charge is 0.259 e. The molecule has 2 aromatic rings. The number of hydrogen-bond acceptors (Lipinski definition) is 4. The van der Waals surface area contributed by atoms with Gasteiger partial charge in [0.2, 0.25) is 5.91 Å². The molecular formula is C23H26F2N2O4. The Morgan fingerprint density at radius 1 is 1.03 bits per heavy atom. The van der Waals surface area contributed by atoms with E-state index in [1.165, 1.54) is 11.0 Å². The van der Waals surface area contributed by atoms with E-state index in [0.29, 0.717) is 30.9 Å². The minimum Gasteiger partial charge on any atom is -0.497 e. The van der Waals surface area contributed by atoms with Crippen LogP contribution in [0.2, 0.25) is 0 Å². The summed E-state index contributed by atoms with van der Waals surface area (Å²) in [4.78, 5) is 26.8. The van der Waals surface area contributed by atoms with Crippen LogP contribution in [0, 0.1) is 17.0 Å². The van der Waals surface area contributed by atoms with Gasteiger partial charge in [-0.3, -0.25) is 9.59 Å². The van der Waals surface area contributed by atoms with Crippen LogP contribution in [0.5, 0.6) is 11.5 Å². The number of rotatable bonds is 6. The number of likely N-dealkylation sites (tertiary alicyclic amines) is 1. The molecule has 1 heterocycles. The van der Waals surface area contributed by atoms with Gasteiger partial charge in [0.25, 0.3) is 5.91 Å². The van der Waals surface area contributed by atoms with Gasteiger partial charge in [0, 0.05) is 31.1 Å². The number of benzene rings is 2. The summed E-state index contributed by atoms with van der Waals surface area (Å²) in [6, 6.07) is 8.72. The van der Waals surface area contributed by atoms with Crippen LogP contribution in [0.15, 0.2) is 36.4 Å². The summed E-state index contributed by atoms with van der Waals surface area (Å²) in [6.07, 6.45) is 0.782. The fraction of sp³-hybridized carbons (Fsp3) is 0.391. The summed E-state index contributed by atoms with van der Waals surface area (Å²) in [5, 5.41) is 2.93. The lowest BCUT2D eigenvalue weighted by atomic mass is 9.79. The number of nitrogens with one attached hydrogen (secondary N) is 1. The van der Waals surface area contributed by atoms with E-state index >= 15 is 0 Å². The summed E-state index contributed by atoms with van der Waals surface area (Å²) >= 11 is 0. The zero-order chi connectivity index (χ0) is 22.6. The Morgan fingerprint density at radius 2 is 1.58 bits per heavy atom. The molecule has 3 rings (SSSR count). The summed E-state index contributed by atoms with van der Waals surface area (Å²) in [5.41, 5.74) is -0.411. The SMILES string of the molecule is COc1cc(CNC(=O)C2(C)CCN(C(=O)c3c(F)cccc3F)CC2)cc(OC)c1. The van der Waals surface area contributed by atoms with Crippen molar-refractivity contribution < 1.29 is 27.8 Å². The fourth-order valence-electron chi connectivity index (χ4n) is 3.65. The van der Waals surface area contributed by atoms with Gasteiger partial charge < -0.3 is 19.7 Å².